The second kappa shape index (κ2) is 8.47. The molecule has 0 bridgehead atoms. The summed E-state index contributed by atoms with van der Waals surface area (Å²) in [5, 5.41) is 10.6. The Morgan fingerprint density at radius 3 is 2.29 bits per heavy atom. The quantitative estimate of drug-likeness (QED) is 0.318. The minimum Gasteiger partial charge on any atom is -0.482 e. The molecule has 28 heavy (non-hydrogen) atoms. The Hall–Kier alpha value is -3.49. The molecule has 2 rings (SSSR count). The molecule has 0 aliphatic heterocycles. The zero-order chi connectivity index (χ0) is 21.0. The Morgan fingerprint density at radius 1 is 1.18 bits per heavy atom. The number of aromatic amines is 1. The molecule has 0 unspecified atom stereocenters. The van der Waals surface area contributed by atoms with Crippen LogP contribution in [0, 0.1) is 24.0 Å². The van der Waals surface area contributed by atoms with Gasteiger partial charge < -0.3 is 14.5 Å². The number of Topliss-reactive ketones (excluding diaryl/α,β-unsaturated/α-hetero) is 2. The molecule has 1 aromatic heterocycles. The van der Waals surface area contributed by atoms with Crippen LogP contribution < -0.4 is 4.74 Å². The van der Waals surface area contributed by atoms with Crippen LogP contribution in [-0.2, 0) is 9.53 Å². The smallest absolute Gasteiger partial charge is 0.344 e. The van der Waals surface area contributed by atoms with Gasteiger partial charge >= 0.3 is 5.97 Å². The molecule has 2 aromatic rings. The van der Waals surface area contributed by atoms with E-state index in [4.69, 9.17) is 9.47 Å². The molecule has 0 aliphatic rings. The predicted octanol–water partition coefficient (Wildman–Crippen LogP) is 2.94. The van der Waals surface area contributed by atoms with Gasteiger partial charge in [-0.25, -0.2) is 4.79 Å². The van der Waals surface area contributed by atoms with Crippen LogP contribution in [0.1, 0.15) is 46.0 Å². The van der Waals surface area contributed by atoms with E-state index >= 15 is 0 Å². The molecule has 9 heteroatoms. The number of ketones is 2. The molecule has 0 aliphatic carbocycles. The van der Waals surface area contributed by atoms with Crippen molar-refractivity contribution < 1.29 is 28.8 Å². The van der Waals surface area contributed by atoms with Crippen LogP contribution >= 0.6 is 0 Å². The summed E-state index contributed by atoms with van der Waals surface area (Å²) in [6.07, 6.45) is -1.08. The topological polar surface area (TPSA) is 129 Å². The van der Waals surface area contributed by atoms with Crippen LogP contribution in [0.15, 0.2) is 24.3 Å². The number of ether oxygens (including phenoxy) is 2. The Balaban J connectivity index is 1.96. The van der Waals surface area contributed by atoms with Gasteiger partial charge in [0.25, 0.3) is 5.69 Å². The van der Waals surface area contributed by atoms with Crippen molar-refractivity contribution in [1.29, 1.82) is 0 Å². The van der Waals surface area contributed by atoms with Gasteiger partial charge in [-0.05, 0) is 45.4 Å². The number of nitro groups is 1. The zero-order valence-electron chi connectivity index (χ0n) is 15.9. The third-order valence-corrected chi connectivity index (χ3v) is 4.12. The number of nitrogens with one attached hydrogen (secondary N) is 1. The first kappa shape index (κ1) is 20.8. The molecule has 1 N–H and O–H groups in total. The summed E-state index contributed by atoms with van der Waals surface area (Å²) in [7, 11) is 0. The lowest BCUT2D eigenvalue weighted by molar-refractivity contribution is -0.384. The van der Waals surface area contributed by atoms with Gasteiger partial charge in [0.15, 0.2) is 18.5 Å². The predicted molar refractivity (Wildman–Crippen MR) is 98.7 cm³/mol. The van der Waals surface area contributed by atoms with Crippen LogP contribution in [0.2, 0.25) is 0 Å². The Morgan fingerprint density at radius 2 is 1.79 bits per heavy atom. The second-order valence-electron chi connectivity index (χ2n) is 6.22. The Labute approximate surface area is 160 Å². The van der Waals surface area contributed by atoms with Crippen LogP contribution in [0.3, 0.4) is 0 Å². The van der Waals surface area contributed by atoms with Gasteiger partial charge in [-0.1, -0.05) is 0 Å². The van der Waals surface area contributed by atoms with E-state index in [9.17, 15) is 24.5 Å². The van der Waals surface area contributed by atoms with Gasteiger partial charge in [0, 0.05) is 23.4 Å². The first-order valence-electron chi connectivity index (χ1n) is 8.42. The fourth-order valence-corrected chi connectivity index (χ4v) is 2.82. The second-order valence-corrected chi connectivity index (χ2v) is 6.22. The van der Waals surface area contributed by atoms with Crippen LogP contribution in [0.5, 0.6) is 5.75 Å². The number of hydrogen-bond acceptors (Lipinski definition) is 7. The van der Waals surface area contributed by atoms with Crippen molar-refractivity contribution in [3.05, 3.63) is 56.9 Å². The Bertz CT molecular complexity index is 929. The molecule has 1 heterocycles. The lowest BCUT2D eigenvalue weighted by Crippen LogP contribution is -2.28. The van der Waals surface area contributed by atoms with E-state index in [0.717, 1.165) is 0 Å². The van der Waals surface area contributed by atoms with Crippen molar-refractivity contribution in [3.63, 3.8) is 0 Å². The highest BCUT2D eigenvalue weighted by Gasteiger charge is 2.26. The van der Waals surface area contributed by atoms with Crippen LogP contribution in [0.4, 0.5) is 5.69 Å². The van der Waals surface area contributed by atoms with Crippen molar-refractivity contribution >= 4 is 23.2 Å². The van der Waals surface area contributed by atoms with E-state index in [1.54, 1.807) is 13.8 Å². The average Bonchev–Trinajstić information content (AvgIpc) is 2.93. The van der Waals surface area contributed by atoms with Gasteiger partial charge in [-0.15, -0.1) is 0 Å². The number of nitrogens with zero attached hydrogens (tertiary/aromatic N) is 1. The fraction of sp³-hybridized carbons (Fsp3) is 0.316. The highest BCUT2D eigenvalue weighted by molar-refractivity contribution is 6.05. The molecule has 148 valence electrons. The number of carbonyl (C=O) groups is 3. The lowest BCUT2D eigenvalue weighted by Gasteiger charge is -2.13. The van der Waals surface area contributed by atoms with Gasteiger partial charge in [-0.2, -0.15) is 0 Å². The summed E-state index contributed by atoms with van der Waals surface area (Å²) in [4.78, 5) is 49.1. The summed E-state index contributed by atoms with van der Waals surface area (Å²) < 4.78 is 10.3. The zero-order valence-corrected chi connectivity index (χ0v) is 15.9. The summed E-state index contributed by atoms with van der Waals surface area (Å²) >= 11 is 0. The maximum atomic E-state index is 12.5. The van der Waals surface area contributed by atoms with Gasteiger partial charge in [0.05, 0.1) is 10.6 Å². The number of benzene rings is 1. The Kier molecular flexibility index (Phi) is 6.29. The van der Waals surface area contributed by atoms with E-state index in [1.807, 2.05) is 0 Å². The van der Waals surface area contributed by atoms with E-state index in [2.05, 4.69) is 4.98 Å². The first-order valence-corrected chi connectivity index (χ1v) is 8.42. The summed E-state index contributed by atoms with van der Waals surface area (Å²) in [6, 6.07) is 5.20. The fourth-order valence-electron chi connectivity index (χ4n) is 2.82. The number of aromatic nitrogens is 1. The maximum absolute atomic E-state index is 12.5. The number of non-ortho nitro benzene ring substituents is 1. The highest BCUT2D eigenvalue weighted by atomic mass is 16.6. The molecule has 0 radical (unpaired) electrons. The largest absolute Gasteiger partial charge is 0.482 e. The number of H-pyrrole nitrogens is 1. The first-order chi connectivity index (χ1) is 13.1. The average molecular weight is 388 g/mol. The van der Waals surface area contributed by atoms with Crippen LogP contribution in [0.25, 0.3) is 0 Å². The van der Waals surface area contributed by atoms with Gasteiger partial charge in [0.2, 0.25) is 5.78 Å². The maximum Gasteiger partial charge on any atom is 0.344 e. The number of hydrogen-bond donors (Lipinski definition) is 1. The summed E-state index contributed by atoms with van der Waals surface area (Å²) in [6.45, 7) is 5.72. The highest BCUT2D eigenvalue weighted by Crippen LogP contribution is 2.21. The third kappa shape index (κ3) is 4.61. The van der Waals surface area contributed by atoms with E-state index in [1.165, 1.54) is 38.1 Å². The monoisotopic (exact) mass is 388 g/mol. The van der Waals surface area contributed by atoms with E-state index < -0.39 is 29.4 Å². The molecule has 0 saturated heterocycles. The molecule has 0 amide bonds. The number of esters is 1. The minimum atomic E-state index is -1.08. The van der Waals surface area contributed by atoms with Crippen molar-refractivity contribution in [3.8, 4) is 5.75 Å². The molecule has 9 nitrogen and oxygen atoms in total. The third-order valence-electron chi connectivity index (χ3n) is 4.12. The van der Waals surface area contributed by atoms with E-state index in [-0.39, 0.29) is 22.9 Å². The number of nitro benzene ring substituents is 1. The number of carbonyl (C=O) groups excluding carboxylic acids is 3. The molecular weight excluding hydrogens is 368 g/mol. The summed E-state index contributed by atoms with van der Waals surface area (Å²) in [5.41, 5.74) is 1.66. The van der Waals surface area contributed by atoms with Crippen LogP contribution in [-0.4, -0.2) is 40.2 Å². The molecule has 0 saturated carbocycles. The normalized spacial score (nSPS) is 11.6. The van der Waals surface area contributed by atoms with Crippen molar-refractivity contribution in [2.45, 2.75) is 33.8 Å². The number of rotatable bonds is 8. The molecule has 1 aromatic carbocycles. The number of aryl methyl sites for hydroxylation is 1. The van der Waals surface area contributed by atoms with E-state index in [0.29, 0.717) is 16.8 Å². The standard InChI is InChI=1S/C19H20N2O7/c1-10-17(12(3)22)11(2)20-18(10)19(24)13(4)28-16(23)9-27-15-7-5-14(6-8-15)21(25)26/h5-8,13,20H,9H2,1-4H3/t13-/m1/s1. The van der Waals surface area contributed by atoms with Crippen molar-refractivity contribution in [1.82, 2.24) is 4.98 Å². The van der Waals surface area contributed by atoms with Gasteiger partial charge in [-0.3, -0.25) is 19.7 Å². The molecule has 0 fully saturated rings. The SMILES string of the molecule is CC(=O)c1c(C)[nH]c(C(=O)[C@@H](C)OC(=O)COc2ccc([N+](=O)[O-])cc2)c1C. The molecular formula is C19H20N2O7. The van der Waals surface area contributed by atoms with Crippen molar-refractivity contribution in [2.24, 2.45) is 0 Å². The molecule has 0 spiro atoms. The molecule has 1 atom stereocenters. The summed E-state index contributed by atoms with van der Waals surface area (Å²) in [5.74, 6) is -1.14. The van der Waals surface area contributed by atoms with Crippen molar-refractivity contribution in [2.75, 3.05) is 6.61 Å². The van der Waals surface area contributed by atoms with Gasteiger partial charge in [0.1, 0.15) is 5.75 Å². The lowest BCUT2D eigenvalue weighted by atomic mass is 10.0. The minimum absolute atomic E-state index is 0.101.